The number of imide groups is 1. The van der Waals surface area contributed by atoms with Gasteiger partial charge in [-0.05, 0) is 59.7 Å². The summed E-state index contributed by atoms with van der Waals surface area (Å²) in [6.07, 6.45) is 9.55. The second kappa shape index (κ2) is 6.71. The Morgan fingerprint density at radius 3 is 2.14 bits per heavy atom. The Morgan fingerprint density at radius 2 is 1.55 bits per heavy atom. The van der Waals surface area contributed by atoms with Crippen LogP contribution in [0, 0.1) is 0 Å². The summed E-state index contributed by atoms with van der Waals surface area (Å²) in [6.45, 7) is 2.07. The van der Waals surface area contributed by atoms with Gasteiger partial charge >= 0.3 is 0 Å². The average Bonchev–Trinajstić information content (AvgIpc) is 3.25. The van der Waals surface area contributed by atoms with E-state index in [1.54, 1.807) is 12.1 Å². The van der Waals surface area contributed by atoms with Crippen LogP contribution in [0.2, 0.25) is 0 Å². The molecule has 3 aromatic carbocycles. The number of benzene rings is 3. The van der Waals surface area contributed by atoms with Gasteiger partial charge in [0.1, 0.15) is 0 Å². The molecule has 140 valence electrons. The predicted molar refractivity (Wildman–Crippen MR) is 117 cm³/mol. The molecule has 3 nitrogen and oxygen atoms in total. The monoisotopic (exact) mass is 377 g/mol. The molecule has 1 heterocycles. The Balaban J connectivity index is 1.52. The van der Waals surface area contributed by atoms with E-state index in [0.29, 0.717) is 16.8 Å². The van der Waals surface area contributed by atoms with Gasteiger partial charge < -0.3 is 0 Å². The topological polar surface area (TPSA) is 37.4 Å². The van der Waals surface area contributed by atoms with E-state index in [-0.39, 0.29) is 11.8 Å². The minimum absolute atomic E-state index is 0.277. The first-order valence-corrected chi connectivity index (χ1v) is 9.69. The molecule has 0 atom stereocenters. The van der Waals surface area contributed by atoms with Crippen LogP contribution in [-0.4, -0.2) is 11.8 Å². The lowest BCUT2D eigenvalue weighted by molar-refractivity contribution is 0.0893. The smallest absolute Gasteiger partial charge is 0.265 e. The number of amides is 2. The quantitative estimate of drug-likeness (QED) is 0.531. The third-order valence-electron chi connectivity index (χ3n) is 5.54. The average molecular weight is 377 g/mol. The zero-order valence-corrected chi connectivity index (χ0v) is 16.1. The van der Waals surface area contributed by atoms with Crippen LogP contribution >= 0.6 is 0 Å². The Kier molecular flexibility index (Phi) is 4.02. The molecule has 0 fully saturated rings. The molecule has 0 saturated heterocycles. The van der Waals surface area contributed by atoms with E-state index in [1.807, 2.05) is 48.5 Å². The Labute approximate surface area is 169 Å². The van der Waals surface area contributed by atoms with E-state index in [4.69, 9.17) is 0 Å². The zero-order valence-electron chi connectivity index (χ0n) is 16.1. The van der Waals surface area contributed by atoms with Gasteiger partial charge in [-0.25, -0.2) is 4.90 Å². The van der Waals surface area contributed by atoms with Gasteiger partial charge in [0.25, 0.3) is 11.8 Å². The van der Waals surface area contributed by atoms with Gasteiger partial charge in [-0.3, -0.25) is 9.59 Å². The molecule has 5 rings (SSSR count). The van der Waals surface area contributed by atoms with E-state index in [1.165, 1.54) is 10.5 Å². The van der Waals surface area contributed by atoms with Gasteiger partial charge in [-0.1, -0.05) is 60.7 Å². The normalized spacial score (nSPS) is 16.0. The molecule has 2 amide bonds. The highest BCUT2D eigenvalue weighted by atomic mass is 16.2. The van der Waals surface area contributed by atoms with Crippen molar-refractivity contribution in [1.82, 2.24) is 0 Å². The lowest BCUT2D eigenvalue weighted by Crippen LogP contribution is -2.40. The van der Waals surface area contributed by atoms with Crippen LogP contribution in [0.5, 0.6) is 0 Å². The van der Waals surface area contributed by atoms with Crippen molar-refractivity contribution in [2.75, 3.05) is 4.90 Å². The Morgan fingerprint density at radius 1 is 0.897 bits per heavy atom. The van der Waals surface area contributed by atoms with Crippen molar-refractivity contribution in [2.24, 2.45) is 0 Å². The molecule has 1 aliphatic carbocycles. The lowest BCUT2D eigenvalue weighted by atomic mass is 9.93. The highest BCUT2D eigenvalue weighted by molar-refractivity contribution is 6.35. The van der Waals surface area contributed by atoms with Gasteiger partial charge in [0.15, 0.2) is 0 Å². The predicted octanol–water partition coefficient (Wildman–Crippen LogP) is 5.93. The number of nitrogens with zero attached hydrogens (tertiary/aromatic N) is 1. The van der Waals surface area contributed by atoms with Crippen molar-refractivity contribution in [2.45, 2.75) is 13.3 Å². The van der Waals surface area contributed by atoms with Crippen LogP contribution in [0.4, 0.5) is 5.69 Å². The second-order valence-corrected chi connectivity index (χ2v) is 7.37. The second-order valence-electron chi connectivity index (χ2n) is 7.37. The van der Waals surface area contributed by atoms with Gasteiger partial charge in [-0.2, -0.15) is 0 Å². The summed E-state index contributed by atoms with van der Waals surface area (Å²) in [4.78, 5) is 27.6. The van der Waals surface area contributed by atoms with Crippen molar-refractivity contribution in [3.63, 3.8) is 0 Å². The SMILES string of the molecule is C/C(=C\C1=CCC=C1)c1ccc(N2C(=O)c3cccc4cccc(c34)C2=O)cc1. The molecule has 0 N–H and O–H groups in total. The first kappa shape index (κ1) is 17.4. The van der Waals surface area contributed by atoms with E-state index in [9.17, 15) is 9.59 Å². The van der Waals surface area contributed by atoms with Gasteiger partial charge in [-0.15, -0.1) is 0 Å². The molecule has 1 aliphatic heterocycles. The molecule has 0 unspecified atom stereocenters. The fourth-order valence-electron chi connectivity index (χ4n) is 4.06. The number of carbonyl (C=O) groups excluding carboxylic acids is 2. The van der Waals surface area contributed by atoms with Crippen molar-refractivity contribution in [1.29, 1.82) is 0 Å². The van der Waals surface area contributed by atoms with E-state index in [0.717, 1.165) is 28.3 Å². The third kappa shape index (κ3) is 2.83. The summed E-state index contributed by atoms with van der Waals surface area (Å²) in [5.41, 5.74) is 5.13. The van der Waals surface area contributed by atoms with Crippen LogP contribution in [0.15, 0.2) is 90.5 Å². The maximum Gasteiger partial charge on any atom is 0.265 e. The number of hydrogen-bond donors (Lipinski definition) is 0. The number of rotatable bonds is 3. The van der Waals surface area contributed by atoms with Gasteiger partial charge in [0.05, 0.1) is 5.69 Å². The molecule has 0 aromatic heterocycles. The highest BCUT2D eigenvalue weighted by Crippen LogP contribution is 2.33. The maximum absolute atomic E-state index is 13.1. The van der Waals surface area contributed by atoms with Crippen LogP contribution in [0.3, 0.4) is 0 Å². The molecule has 0 spiro atoms. The first-order chi connectivity index (χ1) is 14.1. The third-order valence-corrected chi connectivity index (χ3v) is 5.54. The van der Waals surface area contributed by atoms with E-state index >= 15 is 0 Å². The summed E-state index contributed by atoms with van der Waals surface area (Å²) < 4.78 is 0. The zero-order chi connectivity index (χ0) is 20.0. The lowest BCUT2D eigenvalue weighted by Gasteiger charge is -2.27. The standard InChI is InChI=1S/C26H19NO2/c1-17(16-18-6-2-3-7-18)19-12-14-21(15-13-19)27-25(28)22-10-4-8-20-9-5-11-23(24(20)22)26(27)29/h2,4-16H,3H2,1H3/b17-16+. The van der Waals surface area contributed by atoms with Gasteiger partial charge in [0, 0.05) is 16.5 Å². The number of anilines is 1. The van der Waals surface area contributed by atoms with E-state index in [2.05, 4.69) is 31.2 Å². The van der Waals surface area contributed by atoms with Crippen LogP contribution in [0.1, 0.15) is 39.6 Å². The number of hydrogen-bond acceptors (Lipinski definition) is 2. The highest BCUT2D eigenvalue weighted by Gasteiger charge is 2.33. The minimum Gasteiger partial charge on any atom is -0.268 e. The van der Waals surface area contributed by atoms with Crippen molar-refractivity contribution < 1.29 is 9.59 Å². The first-order valence-electron chi connectivity index (χ1n) is 9.69. The summed E-state index contributed by atoms with van der Waals surface area (Å²) in [7, 11) is 0. The fourth-order valence-corrected chi connectivity index (χ4v) is 4.06. The van der Waals surface area contributed by atoms with Crippen LogP contribution in [-0.2, 0) is 0 Å². The van der Waals surface area contributed by atoms with Crippen LogP contribution < -0.4 is 4.90 Å². The summed E-state index contributed by atoms with van der Waals surface area (Å²) in [6, 6.07) is 18.8. The molecule has 0 bridgehead atoms. The number of carbonyl (C=O) groups is 2. The van der Waals surface area contributed by atoms with E-state index < -0.39 is 0 Å². The molecule has 29 heavy (non-hydrogen) atoms. The summed E-state index contributed by atoms with van der Waals surface area (Å²) in [5.74, 6) is -0.555. The minimum atomic E-state index is -0.277. The Bertz CT molecular complexity index is 1210. The summed E-state index contributed by atoms with van der Waals surface area (Å²) in [5, 5.41) is 1.65. The molecule has 0 radical (unpaired) electrons. The van der Waals surface area contributed by atoms with Gasteiger partial charge in [0.2, 0.25) is 0 Å². The molecule has 2 aliphatic rings. The fraction of sp³-hybridized carbons (Fsp3) is 0.0769. The molecule has 0 saturated carbocycles. The van der Waals surface area contributed by atoms with Crippen molar-refractivity contribution in [3.8, 4) is 0 Å². The molecule has 3 heteroatoms. The number of allylic oxidation sites excluding steroid dienone is 6. The molecular weight excluding hydrogens is 358 g/mol. The maximum atomic E-state index is 13.1. The molecule has 3 aromatic rings. The summed E-state index contributed by atoms with van der Waals surface area (Å²) >= 11 is 0. The van der Waals surface area contributed by atoms with Crippen molar-refractivity contribution in [3.05, 3.63) is 107 Å². The van der Waals surface area contributed by atoms with Crippen molar-refractivity contribution >= 4 is 33.8 Å². The van der Waals surface area contributed by atoms with Crippen LogP contribution in [0.25, 0.3) is 16.3 Å². The molecular formula is C26H19NO2. The Hall–Kier alpha value is -3.72. The largest absolute Gasteiger partial charge is 0.268 e.